The van der Waals surface area contributed by atoms with E-state index < -0.39 is 5.97 Å². The van der Waals surface area contributed by atoms with Crippen LogP contribution in [0.5, 0.6) is 5.75 Å². The summed E-state index contributed by atoms with van der Waals surface area (Å²) in [6.45, 7) is 7.56. The Bertz CT molecular complexity index is 1100. The van der Waals surface area contributed by atoms with Crippen molar-refractivity contribution in [1.29, 1.82) is 0 Å². The number of rotatable bonds is 9. The molecule has 174 valence electrons. The van der Waals surface area contributed by atoms with Crippen molar-refractivity contribution in [3.05, 3.63) is 77.4 Å². The molecule has 0 amide bonds. The fraction of sp³-hybridized carbons (Fsp3) is 0.414. The van der Waals surface area contributed by atoms with Crippen LogP contribution in [-0.4, -0.2) is 42.2 Å². The molecule has 3 aromatic rings. The van der Waals surface area contributed by atoms with Gasteiger partial charge in [-0.1, -0.05) is 68.4 Å². The molecule has 1 N–H and O–H groups in total. The van der Waals surface area contributed by atoms with E-state index in [0.29, 0.717) is 6.61 Å². The van der Waals surface area contributed by atoms with Crippen LogP contribution in [0.15, 0.2) is 60.7 Å². The van der Waals surface area contributed by atoms with Gasteiger partial charge < -0.3 is 14.7 Å². The monoisotopic (exact) mass is 445 g/mol. The molecule has 1 heterocycles. The predicted molar refractivity (Wildman–Crippen MR) is 134 cm³/mol. The summed E-state index contributed by atoms with van der Waals surface area (Å²) in [5.41, 5.74) is 3.80. The Hall–Kier alpha value is -2.85. The third-order valence-corrected chi connectivity index (χ3v) is 7.15. The van der Waals surface area contributed by atoms with E-state index in [0.717, 1.165) is 51.1 Å². The Balaban J connectivity index is 1.41. The normalized spacial score (nSPS) is 16.1. The van der Waals surface area contributed by atoms with Crippen molar-refractivity contribution >= 4 is 16.7 Å². The second kappa shape index (κ2) is 10.4. The molecule has 0 spiro atoms. The van der Waals surface area contributed by atoms with Crippen LogP contribution in [0, 0.1) is 5.41 Å². The number of ether oxygens (including phenoxy) is 1. The summed E-state index contributed by atoms with van der Waals surface area (Å²) in [5, 5.41) is 11.9. The van der Waals surface area contributed by atoms with E-state index in [4.69, 9.17) is 4.74 Å². The Kier molecular flexibility index (Phi) is 7.34. The highest BCUT2D eigenvalue weighted by Gasteiger charge is 2.29. The van der Waals surface area contributed by atoms with E-state index in [9.17, 15) is 9.90 Å². The van der Waals surface area contributed by atoms with Crippen LogP contribution < -0.4 is 4.74 Å². The Labute approximate surface area is 197 Å². The van der Waals surface area contributed by atoms with Gasteiger partial charge in [0.1, 0.15) is 5.75 Å². The number of fused-ring (bicyclic) bond motifs is 2. The highest BCUT2D eigenvalue weighted by molar-refractivity contribution is 5.85. The van der Waals surface area contributed by atoms with E-state index >= 15 is 0 Å². The summed E-state index contributed by atoms with van der Waals surface area (Å²) in [6, 6.07) is 21.4. The highest BCUT2D eigenvalue weighted by Crippen LogP contribution is 2.31. The minimum absolute atomic E-state index is 0.194. The Morgan fingerprint density at radius 3 is 2.61 bits per heavy atom. The maximum atomic E-state index is 11.3. The lowest BCUT2D eigenvalue weighted by Crippen LogP contribution is -2.38. The summed E-state index contributed by atoms with van der Waals surface area (Å²) in [6.07, 6.45) is 3.87. The summed E-state index contributed by atoms with van der Waals surface area (Å²) in [4.78, 5) is 13.8. The third-order valence-electron chi connectivity index (χ3n) is 7.15. The van der Waals surface area contributed by atoms with Gasteiger partial charge in [0, 0.05) is 26.1 Å². The van der Waals surface area contributed by atoms with Crippen molar-refractivity contribution in [2.75, 3.05) is 26.2 Å². The summed E-state index contributed by atoms with van der Waals surface area (Å²) in [5.74, 6) is 0.290. The number of hydrogen-bond acceptors (Lipinski definition) is 3. The third kappa shape index (κ3) is 5.75. The summed E-state index contributed by atoms with van der Waals surface area (Å²) in [7, 11) is 0. The molecule has 4 rings (SSSR count). The standard InChI is InChI=1S/C29H35NO3/c1-3-29(2,20-28(31)32)21-30-17-14-23-11-7-13-27(26(23)15-18-30)33-19-16-24-10-6-9-22-8-4-5-12-25(22)24/h4-13H,3,14-21H2,1-2H3,(H,31,32). The molecule has 1 unspecified atom stereocenters. The van der Waals surface area contributed by atoms with Gasteiger partial charge in [0.25, 0.3) is 0 Å². The van der Waals surface area contributed by atoms with Crippen molar-refractivity contribution in [2.45, 2.75) is 46.0 Å². The van der Waals surface area contributed by atoms with Crippen molar-refractivity contribution < 1.29 is 14.6 Å². The molecule has 1 atom stereocenters. The quantitative estimate of drug-likeness (QED) is 0.455. The van der Waals surface area contributed by atoms with Crippen LogP contribution in [0.25, 0.3) is 10.8 Å². The van der Waals surface area contributed by atoms with Crippen molar-refractivity contribution in [2.24, 2.45) is 5.41 Å². The first-order valence-corrected chi connectivity index (χ1v) is 12.1. The van der Waals surface area contributed by atoms with Crippen LogP contribution in [0.2, 0.25) is 0 Å². The molecule has 3 aromatic carbocycles. The van der Waals surface area contributed by atoms with Gasteiger partial charge in [-0.05, 0) is 58.2 Å². The molecule has 0 aromatic heterocycles. The Morgan fingerprint density at radius 1 is 1.03 bits per heavy atom. The van der Waals surface area contributed by atoms with Crippen LogP contribution >= 0.6 is 0 Å². The molecule has 4 nitrogen and oxygen atoms in total. The molecule has 1 aliphatic heterocycles. The van der Waals surface area contributed by atoms with Crippen LogP contribution in [0.4, 0.5) is 0 Å². The van der Waals surface area contributed by atoms with Gasteiger partial charge in [0.15, 0.2) is 0 Å². The second-order valence-electron chi connectivity index (χ2n) is 9.64. The molecule has 0 bridgehead atoms. The van der Waals surface area contributed by atoms with Crippen LogP contribution in [0.1, 0.15) is 43.4 Å². The zero-order valence-electron chi connectivity index (χ0n) is 19.8. The van der Waals surface area contributed by atoms with E-state index in [-0.39, 0.29) is 11.8 Å². The average molecular weight is 446 g/mol. The van der Waals surface area contributed by atoms with E-state index in [2.05, 4.69) is 79.4 Å². The van der Waals surface area contributed by atoms with Gasteiger partial charge in [0.05, 0.1) is 13.0 Å². The van der Waals surface area contributed by atoms with Gasteiger partial charge in [-0.25, -0.2) is 0 Å². The molecule has 0 saturated heterocycles. The fourth-order valence-corrected chi connectivity index (χ4v) is 5.06. The number of benzene rings is 3. The lowest BCUT2D eigenvalue weighted by Gasteiger charge is -2.33. The van der Waals surface area contributed by atoms with Crippen molar-refractivity contribution in [3.63, 3.8) is 0 Å². The number of carboxylic acid groups (broad SMARTS) is 1. The number of aliphatic carboxylic acids is 1. The average Bonchev–Trinajstić information content (AvgIpc) is 3.01. The minimum atomic E-state index is -0.709. The Morgan fingerprint density at radius 2 is 1.79 bits per heavy atom. The summed E-state index contributed by atoms with van der Waals surface area (Å²) < 4.78 is 6.33. The molecular formula is C29H35NO3. The first kappa shape index (κ1) is 23.3. The number of carboxylic acids is 1. The molecule has 0 aliphatic carbocycles. The molecular weight excluding hydrogens is 410 g/mol. The maximum absolute atomic E-state index is 11.3. The van der Waals surface area contributed by atoms with Crippen molar-refractivity contribution in [3.8, 4) is 5.75 Å². The van der Waals surface area contributed by atoms with Gasteiger partial charge >= 0.3 is 5.97 Å². The van der Waals surface area contributed by atoms with Gasteiger partial charge in [-0.3, -0.25) is 4.79 Å². The van der Waals surface area contributed by atoms with E-state index in [1.807, 2.05) is 0 Å². The van der Waals surface area contributed by atoms with E-state index in [1.54, 1.807) is 0 Å². The lowest BCUT2D eigenvalue weighted by molar-refractivity contribution is -0.139. The summed E-state index contributed by atoms with van der Waals surface area (Å²) >= 11 is 0. The predicted octanol–water partition coefficient (Wildman–Crippen LogP) is 5.75. The molecule has 0 radical (unpaired) electrons. The van der Waals surface area contributed by atoms with E-state index in [1.165, 1.54) is 27.5 Å². The second-order valence-corrected chi connectivity index (χ2v) is 9.64. The van der Waals surface area contributed by atoms with Gasteiger partial charge in [-0.15, -0.1) is 0 Å². The SMILES string of the molecule is CCC(C)(CC(=O)O)CN1CCc2cccc(OCCc3cccc4ccccc34)c2CC1. The molecule has 0 fully saturated rings. The zero-order valence-corrected chi connectivity index (χ0v) is 19.8. The van der Waals surface area contributed by atoms with Crippen LogP contribution in [-0.2, 0) is 24.1 Å². The highest BCUT2D eigenvalue weighted by atomic mass is 16.5. The smallest absolute Gasteiger partial charge is 0.303 e. The van der Waals surface area contributed by atoms with Gasteiger partial charge in [0.2, 0.25) is 0 Å². The fourth-order valence-electron chi connectivity index (χ4n) is 5.06. The number of carbonyl (C=O) groups is 1. The zero-order chi connectivity index (χ0) is 23.3. The first-order chi connectivity index (χ1) is 16.0. The molecule has 4 heteroatoms. The molecule has 1 aliphatic rings. The van der Waals surface area contributed by atoms with Crippen LogP contribution in [0.3, 0.4) is 0 Å². The maximum Gasteiger partial charge on any atom is 0.303 e. The first-order valence-electron chi connectivity index (χ1n) is 12.1. The lowest BCUT2D eigenvalue weighted by atomic mass is 9.83. The number of hydrogen-bond donors (Lipinski definition) is 1. The van der Waals surface area contributed by atoms with Gasteiger partial charge in [-0.2, -0.15) is 0 Å². The molecule has 0 saturated carbocycles. The molecule has 33 heavy (non-hydrogen) atoms. The van der Waals surface area contributed by atoms with Crippen molar-refractivity contribution in [1.82, 2.24) is 4.90 Å². The minimum Gasteiger partial charge on any atom is -0.493 e. The number of nitrogens with zero attached hydrogens (tertiary/aromatic N) is 1. The topological polar surface area (TPSA) is 49.8 Å². The largest absolute Gasteiger partial charge is 0.493 e.